The molecule has 1 atom stereocenters. The Balaban J connectivity index is 3.43. The van der Waals surface area contributed by atoms with Gasteiger partial charge in [-0.15, -0.1) is 0 Å². The number of aryl methyl sites for hydroxylation is 1. The zero-order chi connectivity index (χ0) is 12.5. The Bertz CT molecular complexity index is 432. The minimum Gasteiger partial charge on any atom is -0.506 e. The Morgan fingerprint density at radius 3 is 2.56 bits per heavy atom. The Hall–Kier alpha value is -1.26. The molecule has 4 N–H and O–H groups in total. The summed E-state index contributed by atoms with van der Waals surface area (Å²) < 4.78 is 0. The third-order valence-electron chi connectivity index (χ3n) is 2.62. The minimum atomic E-state index is -0.990. The van der Waals surface area contributed by atoms with Gasteiger partial charge in [-0.2, -0.15) is 0 Å². The molecule has 0 fully saturated rings. The lowest BCUT2D eigenvalue weighted by Gasteiger charge is -2.18. The maximum Gasteiger partial charge on any atom is 0.312 e. The number of aliphatic carboxylic acids is 1. The average Bonchev–Trinajstić information content (AvgIpc) is 2.20. The highest BCUT2D eigenvalue weighted by Gasteiger charge is 2.24. The number of carboxylic acid groups (broad SMARTS) is 1. The summed E-state index contributed by atoms with van der Waals surface area (Å²) in [7, 11) is 0. The molecule has 0 aliphatic heterocycles. The van der Waals surface area contributed by atoms with Gasteiger partial charge in [-0.3, -0.25) is 4.79 Å². The minimum absolute atomic E-state index is 0.00187. The van der Waals surface area contributed by atoms with E-state index in [-0.39, 0.29) is 17.3 Å². The first-order chi connectivity index (χ1) is 7.40. The van der Waals surface area contributed by atoms with Gasteiger partial charge in [0.05, 0.1) is 10.9 Å². The van der Waals surface area contributed by atoms with Crippen molar-refractivity contribution >= 4 is 17.6 Å². The van der Waals surface area contributed by atoms with E-state index in [1.165, 1.54) is 6.07 Å². The maximum absolute atomic E-state index is 11.0. The number of hydrogen-bond acceptors (Lipinski definition) is 3. The predicted molar refractivity (Wildman–Crippen MR) is 62.0 cm³/mol. The molecule has 0 radical (unpaired) electrons. The predicted octanol–water partition coefficient (Wildman–Crippen LogP) is 1.79. The van der Waals surface area contributed by atoms with Gasteiger partial charge in [0.15, 0.2) is 0 Å². The average molecular weight is 244 g/mol. The van der Waals surface area contributed by atoms with Crippen LogP contribution in [-0.2, 0) is 4.79 Å². The highest BCUT2D eigenvalue weighted by atomic mass is 35.5. The second kappa shape index (κ2) is 4.72. The fourth-order valence-electron chi connectivity index (χ4n) is 1.83. The number of aromatic hydroxyl groups is 1. The van der Waals surface area contributed by atoms with Gasteiger partial charge in [-0.05, 0) is 36.6 Å². The molecule has 4 nitrogen and oxygen atoms in total. The molecule has 0 spiro atoms. The first kappa shape index (κ1) is 12.8. The largest absolute Gasteiger partial charge is 0.506 e. The molecule has 0 saturated carbocycles. The van der Waals surface area contributed by atoms with Crippen LogP contribution in [-0.4, -0.2) is 22.7 Å². The van der Waals surface area contributed by atoms with Crippen LogP contribution < -0.4 is 5.73 Å². The van der Waals surface area contributed by atoms with Crippen molar-refractivity contribution in [2.24, 2.45) is 5.73 Å². The number of phenolic OH excluding ortho intramolecular Hbond substituents is 1. The second-order valence-corrected chi connectivity index (χ2v) is 4.07. The number of hydrogen-bond donors (Lipinski definition) is 3. The first-order valence-electron chi connectivity index (χ1n) is 4.81. The number of benzene rings is 1. The Morgan fingerprint density at radius 1 is 1.56 bits per heavy atom. The standard InChI is InChI=1S/C11H14ClNO3/c1-5-3-8(14)10(12)6(2)9(5)7(4-13)11(15)16/h3,7,14H,4,13H2,1-2H3,(H,15,16). The van der Waals surface area contributed by atoms with Gasteiger partial charge >= 0.3 is 5.97 Å². The number of nitrogens with two attached hydrogens (primary N) is 1. The molecule has 0 saturated heterocycles. The van der Waals surface area contributed by atoms with Crippen molar-refractivity contribution in [2.75, 3.05) is 6.54 Å². The summed E-state index contributed by atoms with van der Waals surface area (Å²) >= 11 is 5.88. The molecular weight excluding hydrogens is 230 g/mol. The van der Waals surface area contributed by atoms with Crippen molar-refractivity contribution in [1.82, 2.24) is 0 Å². The lowest BCUT2D eigenvalue weighted by Crippen LogP contribution is -2.23. The molecule has 0 amide bonds. The zero-order valence-corrected chi connectivity index (χ0v) is 9.88. The van der Waals surface area contributed by atoms with Crippen LogP contribution in [0.4, 0.5) is 0 Å². The topological polar surface area (TPSA) is 83.5 Å². The molecule has 88 valence electrons. The summed E-state index contributed by atoms with van der Waals surface area (Å²) in [5.74, 6) is -1.82. The Labute approximate surface area is 98.6 Å². The van der Waals surface area contributed by atoms with E-state index in [0.29, 0.717) is 16.7 Å². The van der Waals surface area contributed by atoms with Crippen LogP contribution in [0.5, 0.6) is 5.75 Å². The maximum atomic E-state index is 11.0. The zero-order valence-electron chi connectivity index (χ0n) is 9.12. The van der Waals surface area contributed by atoms with Crippen molar-refractivity contribution in [3.63, 3.8) is 0 Å². The van der Waals surface area contributed by atoms with Crippen molar-refractivity contribution < 1.29 is 15.0 Å². The summed E-state index contributed by atoms with van der Waals surface area (Å²) in [5, 5.41) is 18.7. The molecule has 0 aliphatic carbocycles. The summed E-state index contributed by atoms with van der Waals surface area (Å²) in [6.07, 6.45) is 0. The van der Waals surface area contributed by atoms with Crippen molar-refractivity contribution in [1.29, 1.82) is 0 Å². The van der Waals surface area contributed by atoms with E-state index in [1.807, 2.05) is 0 Å². The third kappa shape index (κ3) is 2.13. The number of carbonyl (C=O) groups is 1. The van der Waals surface area contributed by atoms with Crippen molar-refractivity contribution in [3.05, 3.63) is 27.8 Å². The fourth-order valence-corrected chi connectivity index (χ4v) is 1.99. The van der Waals surface area contributed by atoms with Crippen molar-refractivity contribution in [2.45, 2.75) is 19.8 Å². The van der Waals surface area contributed by atoms with Crippen LogP contribution in [0, 0.1) is 13.8 Å². The summed E-state index contributed by atoms with van der Waals surface area (Å²) in [6, 6.07) is 1.45. The van der Waals surface area contributed by atoms with Gasteiger partial charge in [-0.1, -0.05) is 11.6 Å². The Morgan fingerprint density at radius 2 is 2.12 bits per heavy atom. The number of carboxylic acids is 1. The van der Waals surface area contributed by atoms with E-state index in [9.17, 15) is 9.90 Å². The lowest BCUT2D eigenvalue weighted by atomic mass is 9.90. The SMILES string of the molecule is Cc1cc(O)c(Cl)c(C)c1C(CN)C(=O)O. The van der Waals surface area contributed by atoms with Gasteiger partial charge in [0, 0.05) is 6.54 Å². The highest BCUT2D eigenvalue weighted by molar-refractivity contribution is 6.32. The fraction of sp³-hybridized carbons (Fsp3) is 0.364. The van der Waals surface area contributed by atoms with Crippen LogP contribution in [0.1, 0.15) is 22.6 Å². The molecule has 1 rings (SSSR count). The molecule has 0 aliphatic rings. The first-order valence-corrected chi connectivity index (χ1v) is 5.19. The molecule has 0 bridgehead atoms. The van der Waals surface area contributed by atoms with E-state index in [0.717, 1.165) is 0 Å². The van der Waals surface area contributed by atoms with Crippen molar-refractivity contribution in [3.8, 4) is 5.75 Å². The van der Waals surface area contributed by atoms with E-state index in [4.69, 9.17) is 22.4 Å². The van der Waals surface area contributed by atoms with E-state index in [1.54, 1.807) is 13.8 Å². The van der Waals surface area contributed by atoms with E-state index >= 15 is 0 Å². The van der Waals surface area contributed by atoms with Gasteiger partial charge in [0.25, 0.3) is 0 Å². The second-order valence-electron chi connectivity index (χ2n) is 3.69. The van der Waals surface area contributed by atoms with E-state index in [2.05, 4.69) is 0 Å². The van der Waals surface area contributed by atoms with Crippen LogP contribution in [0.15, 0.2) is 6.07 Å². The third-order valence-corrected chi connectivity index (χ3v) is 3.10. The number of phenols is 1. The molecule has 5 heteroatoms. The van der Waals surface area contributed by atoms with Gasteiger partial charge in [-0.25, -0.2) is 0 Å². The summed E-state index contributed by atoms with van der Waals surface area (Å²) in [5.41, 5.74) is 7.27. The quantitative estimate of drug-likeness (QED) is 0.756. The van der Waals surface area contributed by atoms with Crippen LogP contribution >= 0.6 is 11.6 Å². The lowest BCUT2D eigenvalue weighted by molar-refractivity contribution is -0.138. The molecule has 1 aromatic rings. The van der Waals surface area contributed by atoms with Gasteiger partial charge in [0.1, 0.15) is 5.75 Å². The molecular formula is C11H14ClNO3. The highest BCUT2D eigenvalue weighted by Crippen LogP contribution is 2.35. The van der Waals surface area contributed by atoms with Crippen LogP contribution in [0.2, 0.25) is 5.02 Å². The van der Waals surface area contributed by atoms with Crippen LogP contribution in [0.25, 0.3) is 0 Å². The Kier molecular flexibility index (Phi) is 3.78. The molecule has 1 aromatic carbocycles. The number of halogens is 1. The van der Waals surface area contributed by atoms with Gasteiger partial charge < -0.3 is 15.9 Å². The molecule has 16 heavy (non-hydrogen) atoms. The van der Waals surface area contributed by atoms with E-state index < -0.39 is 11.9 Å². The summed E-state index contributed by atoms with van der Waals surface area (Å²) in [6.45, 7) is 3.40. The molecule has 0 aromatic heterocycles. The van der Waals surface area contributed by atoms with Crippen LogP contribution in [0.3, 0.4) is 0 Å². The smallest absolute Gasteiger partial charge is 0.312 e. The molecule has 0 heterocycles. The normalized spacial score (nSPS) is 12.5. The summed E-state index contributed by atoms with van der Waals surface area (Å²) in [4.78, 5) is 11.0. The number of rotatable bonds is 3. The van der Waals surface area contributed by atoms with Gasteiger partial charge in [0.2, 0.25) is 0 Å². The molecule has 1 unspecified atom stereocenters. The monoisotopic (exact) mass is 243 g/mol.